The van der Waals surface area contributed by atoms with Gasteiger partial charge in [0, 0.05) is 33.2 Å². The first-order chi connectivity index (χ1) is 12.1. The Labute approximate surface area is 166 Å². The molecule has 0 heterocycles. The number of hydrogen-bond acceptors (Lipinski definition) is 2. The van der Waals surface area contributed by atoms with Crippen molar-refractivity contribution < 1.29 is 10.2 Å². The summed E-state index contributed by atoms with van der Waals surface area (Å²) in [4.78, 5) is 0. The molecule has 0 spiro atoms. The van der Waals surface area contributed by atoms with Crippen LogP contribution < -0.4 is 0 Å². The normalized spacial score (nSPS) is 13.0. The van der Waals surface area contributed by atoms with E-state index < -0.39 is 0 Å². The number of phenols is 2. The Kier molecular flexibility index (Phi) is 6.52. The van der Waals surface area contributed by atoms with E-state index in [1.165, 1.54) is 0 Å². The van der Waals surface area contributed by atoms with Gasteiger partial charge in [-0.25, -0.2) is 0 Å². The average molecular weight is 395 g/mol. The molecular formula is C22H28Cl2O2. The van der Waals surface area contributed by atoms with Gasteiger partial charge in [0.15, 0.2) is 0 Å². The lowest BCUT2D eigenvalue weighted by Crippen LogP contribution is -2.16. The summed E-state index contributed by atoms with van der Waals surface area (Å²) < 4.78 is 0. The summed E-state index contributed by atoms with van der Waals surface area (Å²) in [6, 6.07) is 7.16. The lowest BCUT2D eigenvalue weighted by Gasteiger charge is -2.26. The number of halogens is 2. The Morgan fingerprint density at radius 1 is 0.923 bits per heavy atom. The van der Waals surface area contributed by atoms with Gasteiger partial charge < -0.3 is 10.2 Å². The molecule has 0 saturated carbocycles. The van der Waals surface area contributed by atoms with Gasteiger partial charge >= 0.3 is 0 Å². The highest BCUT2D eigenvalue weighted by molar-refractivity contribution is 6.31. The van der Waals surface area contributed by atoms with Crippen molar-refractivity contribution in [1.82, 2.24) is 0 Å². The van der Waals surface area contributed by atoms with Gasteiger partial charge in [-0.05, 0) is 54.0 Å². The highest BCUT2D eigenvalue weighted by atomic mass is 35.5. The molecule has 0 bridgehead atoms. The molecule has 2 aromatic rings. The van der Waals surface area contributed by atoms with Crippen LogP contribution in [0.25, 0.3) is 0 Å². The molecule has 0 radical (unpaired) electrons. The van der Waals surface area contributed by atoms with E-state index in [4.69, 9.17) is 23.2 Å². The quantitative estimate of drug-likeness (QED) is 0.543. The van der Waals surface area contributed by atoms with Crippen LogP contribution in [0, 0.1) is 0 Å². The first-order valence-electron chi connectivity index (χ1n) is 9.13. The second kappa shape index (κ2) is 8.10. The van der Waals surface area contributed by atoms with E-state index in [-0.39, 0.29) is 22.8 Å². The minimum absolute atomic E-state index is 0.192. The first kappa shape index (κ1) is 20.9. The molecule has 142 valence electrons. The van der Waals surface area contributed by atoms with Crippen molar-refractivity contribution in [2.45, 2.75) is 65.2 Å². The largest absolute Gasteiger partial charge is 0.507 e. The van der Waals surface area contributed by atoms with Gasteiger partial charge in [0.05, 0.1) is 0 Å². The third kappa shape index (κ3) is 4.29. The lowest BCUT2D eigenvalue weighted by molar-refractivity contribution is 0.423. The molecule has 0 aliphatic carbocycles. The molecule has 1 unspecified atom stereocenters. The second-order valence-corrected chi connectivity index (χ2v) is 8.56. The van der Waals surface area contributed by atoms with Gasteiger partial charge in [0.1, 0.15) is 11.5 Å². The highest BCUT2D eigenvalue weighted by Gasteiger charge is 2.25. The zero-order valence-electron chi connectivity index (χ0n) is 16.2. The summed E-state index contributed by atoms with van der Waals surface area (Å²) in [7, 11) is 0. The van der Waals surface area contributed by atoms with Crippen LogP contribution in [-0.2, 0) is 11.8 Å². The molecule has 0 aromatic heterocycles. The number of aromatic hydroxyl groups is 2. The molecule has 0 fully saturated rings. The molecule has 0 aliphatic rings. The summed E-state index contributed by atoms with van der Waals surface area (Å²) in [5.41, 5.74) is 2.87. The maximum absolute atomic E-state index is 10.9. The molecule has 4 heteroatoms. The Hall–Kier alpha value is -1.38. The molecule has 1 atom stereocenters. The smallest absolute Gasteiger partial charge is 0.122 e. The first-order valence-corrected chi connectivity index (χ1v) is 9.89. The van der Waals surface area contributed by atoms with Crippen molar-refractivity contribution in [3.05, 3.63) is 56.6 Å². The monoisotopic (exact) mass is 394 g/mol. The maximum Gasteiger partial charge on any atom is 0.122 e. The van der Waals surface area contributed by atoms with Gasteiger partial charge in [-0.2, -0.15) is 0 Å². The molecule has 2 nitrogen and oxygen atoms in total. The number of benzene rings is 2. The zero-order chi connectivity index (χ0) is 19.6. The van der Waals surface area contributed by atoms with Gasteiger partial charge in [0.25, 0.3) is 0 Å². The van der Waals surface area contributed by atoms with Gasteiger partial charge in [-0.1, -0.05) is 57.8 Å². The topological polar surface area (TPSA) is 40.5 Å². The van der Waals surface area contributed by atoms with Crippen LogP contribution >= 0.6 is 23.2 Å². The molecule has 0 saturated heterocycles. The van der Waals surface area contributed by atoms with Crippen molar-refractivity contribution in [1.29, 1.82) is 0 Å². The van der Waals surface area contributed by atoms with E-state index in [0.29, 0.717) is 27.6 Å². The van der Waals surface area contributed by atoms with Gasteiger partial charge in [-0.15, -0.1) is 0 Å². The van der Waals surface area contributed by atoms with Crippen molar-refractivity contribution in [3.63, 3.8) is 0 Å². The van der Waals surface area contributed by atoms with Crippen LogP contribution in [-0.4, -0.2) is 10.2 Å². The second-order valence-electron chi connectivity index (χ2n) is 7.69. The highest BCUT2D eigenvalue weighted by Crippen LogP contribution is 2.41. The van der Waals surface area contributed by atoms with E-state index in [1.807, 2.05) is 12.1 Å². The molecule has 0 aliphatic heterocycles. The van der Waals surface area contributed by atoms with E-state index in [2.05, 4.69) is 34.6 Å². The van der Waals surface area contributed by atoms with E-state index >= 15 is 0 Å². The van der Waals surface area contributed by atoms with Crippen LogP contribution in [0.15, 0.2) is 24.3 Å². The Bertz CT molecular complexity index is 797. The number of phenolic OH excluding ortho intramolecular Hbond substituents is 2. The summed E-state index contributed by atoms with van der Waals surface area (Å²) in [6.45, 7) is 10.4. The third-order valence-electron chi connectivity index (χ3n) is 5.47. The molecule has 2 aromatic carbocycles. The van der Waals surface area contributed by atoms with Crippen LogP contribution in [0.5, 0.6) is 11.5 Å². The van der Waals surface area contributed by atoms with Crippen LogP contribution in [0.3, 0.4) is 0 Å². The zero-order valence-corrected chi connectivity index (χ0v) is 17.7. The van der Waals surface area contributed by atoms with Crippen molar-refractivity contribution >= 4 is 23.2 Å². The Morgan fingerprint density at radius 3 is 2.00 bits per heavy atom. The number of hydrogen-bond donors (Lipinski definition) is 2. The van der Waals surface area contributed by atoms with Crippen molar-refractivity contribution in [2.75, 3.05) is 0 Å². The minimum Gasteiger partial charge on any atom is -0.507 e. The molecule has 0 amide bonds. The Morgan fingerprint density at radius 2 is 1.46 bits per heavy atom. The lowest BCUT2D eigenvalue weighted by atomic mass is 9.80. The fourth-order valence-electron chi connectivity index (χ4n) is 3.11. The van der Waals surface area contributed by atoms with Crippen LogP contribution in [0.4, 0.5) is 0 Å². The molecule has 26 heavy (non-hydrogen) atoms. The SMILES string of the molecule is CCC(C)c1cc(Cl)cc(Cc2cc(Cl)cc(C(C)(C)CC)c2O)c1O. The van der Waals surface area contributed by atoms with Gasteiger partial charge in [-0.3, -0.25) is 0 Å². The summed E-state index contributed by atoms with van der Waals surface area (Å²) in [5, 5.41) is 22.8. The third-order valence-corrected chi connectivity index (χ3v) is 5.91. The fraction of sp³-hybridized carbons (Fsp3) is 0.455. The maximum atomic E-state index is 10.9. The average Bonchev–Trinajstić information content (AvgIpc) is 2.59. The van der Waals surface area contributed by atoms with Crippen LogP contribution in [0.2, 0.25) is 10.0 Å². The summed E-state index contributed by atoms with van der Waals surface area (Å²) >= 11 is 12.6. The molecule has 2 N–H and O–H groups in total. The fourth-order valence-corrected chi connectivity index (χ4v) is 3.60. The van der Waals surface area contributed by atoms with E-state index in [1.54, 1.807) is 12.1 Å². The minimum atomic E-state index is -0.192. The van der Waals surface area contributed by atoms with Gasteiger partial charge in [0.2, 0.25) is 0 Å². The Balaban J connectivity index is 2.55. The predicted molar refractivity (Wildman–Crippen MR) is 111 cm³/mol. The molecular weight excluding hydrogens is 367 g/mol. The standard InChI is InChI=1S/C22H28Cl2O2/c1-6-13(3)18-11-16(23)9-14(20(18)25)8-15-10-17(24)12-19(21(15)26)22(4,5)7-2/h9-13,25-26H,6-8H2,1-5H3. The number of rotatable bonds is 6. The van der Waals surface area contributed by atoms with E-state index in [9.17, 15) is 10.2 Å². The molecule has 2 rings (SSSR count). The van der Waals surface area contributed by atoms with Crippen molar-refractivity contribution in [3.8, 4) is 11.5 Å². The van der Waals surface area contributed by atoms with E-state index in [0.717, 1.165) is 24.0 Å². The summed E-state index contributed by atoms with van der Waals surface area (Å²) in [6.07, 6.45) is 2.15. The predicted octanol–water partition coefficient (Wildman–Crippen LogP) is 7.20. The van der Waals surface area contributed by atoms with Crippen LogP contribution in [0.1, 0.15) is 75.6 Å². The summed E-state index contributed by atoms with van der Waals surface area (Å²) in [5.74, 6) is 0.695. The van der Waals surface area contributed by atoms with Crippen molar-refractivity contribution in [2.24, 2.45) is 0 Å².